The number of ether oxygens (including phenoxy) is 1. The summed E-state index contributed by atoms with van der Waals surface area (Å²) < 4.78 is 59.0. The lowest BCUT2D eigenvalue weighted by Gasteiger charge is -2.13. The highest BCUT2D eigenvalue weighted by molar-refractivity contribution is 6.32. The predicted molar refractivity (Wildman–Crippen MR) is 95.1 cm³/mol. The molecule has 0 fully saturated rings. The van der Waals surface area contributed by atoms with E-state index in [0.717, 1.165) is 6.07 Å². The van der Waals surface area contributed by atoms with Crippen LogP contribution in [0.2, 0.25) is 5.02 Å². The van der Waals surface area contributed by atoms with Gasteiger partial charge in [-0.2, -0.15) is 13.2 Å². The van der Waals surface area contributed by atoms with Gasteiger partial charge in [0.1, 0.15) is 17.3 Å². The minimum Gasteiger partial charge on any atom is -0.506 e. The van der Waals surface area contributed by atoms with Gasteiger partial charge in [-0.1, -0.05) is 17.7 Å². The number of alkyl halides is 3. The summed E-state index contributed by atoms with van der Waals surface area (Å²) in [5.74, 6) is -2.28. The van der Waals surface area contributed by atoms with Crippen molar-refractivity contribution in [3.05, 3.63) is 64.1 Å². The first kappa shape index (κ1) is 20.0. The van der Waals surface area contributed by atoms with Crippen LogP contribution in [0.25, 0.3) is 10.9 Å². The number of aromatic hydroxyl groups is 1. The highest BCUT2D eigenvalue weighted by Crippen LogP contribution is 2.34. The quantitative estimate of drug-likeness (QED) is 0.459. The molecule has 9 heteroatoms. The summed E-state index contributed by atoms with van der Waals surface area (Å²) in [5, 5.41) is 10.2. The first-order chi connectivity index (χ1) is 13.1. The Bertz CT molecular complexity index is 1060. The number of rotatable bonds is 4. The van der Waals surface area contributed by atoms with Gasteiger partial charge >= 0.3 is 12.1 Å². The molecule has 0 bridgehead atoms. The maximum Gasteiger partial charge on any atom is 0.419 e. The number of hydrogen-bond donors (Lipinski definition) is 1. The van der Waals surface area contributed by atoms with E-state index < -0.39 is 23.5 Å². The molecular weight excluding hydrogens is 402 g/mol. The third kappa shape index (κ3) is 3.77. The van der Waals surface area contributed by atoms with E-state index in [1.54, 1.807) is 6.92 Å². The largest absolute Gasteiger partial charge is 0.506 e. The number of halogens is 5. The van der Waals surface area contributed by atoms with Crippen LogP contribution in [0.4, 0.5) is 17.6 Å². The Balaban J connectivity index is 2.15. The molecule has 0 amide bonds. The molecule has 2 aromatic carbocycles. The molecule has 1 aromatic heterocycles. The fourth-order valence-corrected chi connectivity index (χ4v) is 3.04. The minimum absolute atomic E-state index is 0.0114. The summed E-state index contributed by atoms with van der Waals surface area (Å²) >= 11 is 5.94. The second-order valence-electron chi connectivity index (χ2n) is 6.01. The molecule has 0 radical (unpaired) electrons. The number of benzene rings is 2. The van der Waals surface area contributed by atoms with Gasteiger partial charge in [0.15, 0.2) is 0 Å². The smallest absolute Gasteiger partial charge is 0.419 e. The van der Waals surface area contributed by atoms with Gasteiger partial charge in [0.05, 0.1) is 22.7 Å². The number of fused-ring (bicyclic) bond motifs is 1. The van der Waals surface area contributed by atoms with Crippen molar-refractivity contribution in [2.24, 2.45) is 0 Å². The summed E-state index contributed by atoms with van der Waals surface area (Å²) in [7, 11) is 0. The number of carbonyl (C=O) groups is 1. The van der Waals surface area contributed by atoms with Crippen LogP contribution < -0.4 is 0 Å². The lowest BCUT2D eigenvalue weighted by Crippen LogP contribution is -2.14. The van der Waals surface area contributed by atoms with Crippen molar-refractivity contribution in [2.75, 3.05) is 6.61 Å². The molecular formula is C19H14ClF4NO3. The molecule has 1 N–H and O–H groups in total. The second kappa shape index (κ2) is 7.35. The summed E-state index contributed by atoms with van der Waals surface area (Å²) in [4.78, 5) is 12.3. The Hall–Kier alpha value is -2.74. The zero-order valence-corrected chi connectivity index (χ0v) is 15.2. The van der Waals surface area contributed by atoms with E-state index in [1.165, 1.54) is 28.8 Å². The van der Waals surface area contributed by atoms with Crippen LogP contribution in [0, 0.1) is 5.82 Å². The van der Waals surface area contributed by atoms with Crippen LogP contribution in [-0.2, 0) is 17.5 Å². The Kier molecular flexibility index (Phi) is 5.25. The summed E-state index contributed by atoms with van der Waals surface area (Å²) in [6.45, 7) is 1.55. The van der Waals surface area contributed by atoms with E-state index in [-0.39, 0.29) is 35.2 Å². The highest BCUT2D eigenvalue weighted by Gasteiger charge is 2.34. The summed E-state index contributed by atoms with van der Waals surface area (Å²) in [6.07, 6.45) is -4.85. The molecule has 3 aromatic rings. The molecule has 4 nitrogen and oxygen atoms in total. The maximum absolute atomic E-state index is 13.6. The van der Waals surface area contributed by atoms with Crippen LogP contribution in [0.3, 0.4) is 0 Å². The molecule has 0 spiro atoms. The van der Waals surface area contributed by atoms with Crippen molar-refractivity contribution in [1.82, 2.24) is 4.57 Å². The molecule has 1 heterocycles. The van der Waals surface area contributed by atoms with E-state index in [2.05, 4.69) is 0 Å². The topological polar surface area (TPSA) is 51.5 Å². The lowest BCUT2D eigenvalue weighted by atomic mass is 10.1. The standard InChI is InChI=1S/C19H14ClF4NO3/c1-2-28-18(27)16-6-11-7-17(26)13(20)8-15(11)25(16)9-10-3-4-14(21)12(5-10)19(22,23)24/h3-8,26H,2,9H2,1H3. The fourth-order valence-electron chi connectivity index (χ4n) is 2.89. The molecule has 3 rings (SSSR count). The highest BCUT2D eigenvalue weighted by atomic mass is 35.5. The van der Waals surface area contributed by atoms with Crippen molar-refractivity contribution >= 4 is 28.5 Å². The van der Waals surface area contributed by atoms with Crippen molar-refractivity contribution in [2.45, 2.75) is 19.6 Å². The van der Waals surface area contributed by atoms with E-state index in [4.69, 9.17) is 16.3 Å². The first-order valence-corrected chi connectivity index (χ1v) is 8.54. The molecule has 28 heavy (non-hydrogen) atoms. The van der Waals surface area contributed by atoms with Crippen LogP contribution in [-0.4, -0.2) is 22.2 Å². The van der Waals surface area contributed by atoms with Crippen molar-refractivity contribution in [1.29, 1.82) is 0 Å². The average molecular weight is 416 g/mol. The van der Waals surface area contributed by atoms with Gasteiger partial charge in [0.25, 0.3) is 0 Å². The van der Waals surface area contributed by atoms with Crippen LogP contribution >= 0.6 is 11.6 Å². The number of phenolic OH excluding ortho intramolecular Hbond substituents is 1. The Morgan fingerprint density at radius 3 is 2.57 bits per heavy atom. The molecule has 0 unspecified atom stereocenters. The number of nitrogens with zero attached hydrogens (tertiary/aromatic N) is 1. The lowest BCUT2D eigenvalue weighted by molar-refractivity contribution is -0.140. The van der Waals surface area contributed by atoms with Crippen molar-refractivity contribution in [3.63, 3.8) is 0 Å². The normalized spacial score (nSPS) is 11.8. The van der Waals surface area contributed by atoms with Crippen LogP contribution in [0.15, 0.2) is 36.4 Å². The van der Waals surface area contributed by atoms with Gasteiger partial charge in [-0.25, -0.2) is 9.18 Å². The van der Waals surface area contributed by atoms with Gasteiger partial charge in [-0.05, 0) is 42.8 Å². The number of aromatic nitrogens is 1. The van der Waals surface area contributed by atoms with Gasteiger partial charge < -0.3 is 14.4 Å². The third-order valence-electron chi connectivity index (χ3n) is 4.13. The molecule has 0 aliphatic heterocycles. The molecule has 0 atom stereocenters. The zero-order valence-electron chi connectivity index (χ0n) is 14.5. The van der Waals surface area contributed by atoms with E-state index in [9.17, 15) is 27.5 Å². The number of esters is 1. The zero-order chi connectivity index (χ0) is 20.6. The first-order valence-electron chi connectivity index (χ1n) is 8.16. The predicted octanol–water partition coefficient (Wildman–Crippen LogP) is 5.38. The van der Waals surface area contributed by atoms with E-state index in [1.807, 2.05) is 0 Å². The summed E-state index contributed by atoms with van der Waals surface area (Å²) in [6, 6.07) is 6.79. The average Bonchev–Trinajstić information content (AvgIpc) is 2.94. The van der Waals surface area contributed by atoms with Gasteiger partial charge in [-0.15, -0.1) is 0 Å². The molecule has 0 aliphatic rings. The van der Waals surface area contributed by atoms with Crippen molar-refractivity contribution in [3.8, 4) is 5.75 Å². The van der Waals surface area contributed by atoms with Crippen LogP contribution in [0.5, 0.6) is 5.75 Å². The van der Waals surface area contributed by atoms with E-state index >= 15 is 0 Å². The Morgan fingerprint density at radius 1 is 1.21 bits per heavy atom. The SMILES string of the molecule is CCOC(=O)c1cc2cc(O)c(Cl)cc2n1Cc1ccc(F)c(C(F)(F)F)c1. The maximum atomic E-state index is 13.6. The molecule has 0 saturated carbocycles. The van der Waals surface area contributed by atoms with Gasteiger partial charge in [0.2, 0.25) is 0 Å². The Morgan fingerprint density at radius 2 is 1.93 bits per heavy atom. The second-order valence-corrected chi connectivity index (χ2v) is 6.42. The van der Waals surface area contributed by atoms with Gasteiger partial charge in [0, 0.05) is 11.9 Å². The minimum atomic E-state index is -4.85. The molecule has 148 valence electrons. The Labute approximate surface area is 161 Å². The van der Waals surface area contributed by atoms with Crippen molar-refractivity contribution < 1.29 is 32.2 Å². The number of phenols is 1. The number of hydrogen-bond acceptors (Lipinski definition) is 3. The fraction of sp³-hybridized carbons (Fsp3) is 0.211. The van der Waals surface area contributed by atoms with Gasteiger partial charge in [-0.3, -0.25) is 0 Å². The van der Waals surface area contributed by atoms with Crippen LogP contribution in [0.1, 0.15) is 28.5 Å². The third-order valence-corrected chi connectivity index (χ3v) is 4.43. The molecule has 0 aliphatic carbocycles. The number of carbonyl (C=O) groups excluding carboxylic acids is 1. The summed E-state index contributed by atoms with van der Waals surface area (Å²) in [5.41, 5.74) is -0.795. The van der Waals surface area contributed by atoms with E-state index in [0.29, 0.717) is 17.0 Å². The monoisotopic (exact) mass is 415 g/mol. The molecule has 0 saturated heterocycles.